The van der Waals surface area contributed by atoms with Crippen molar-refractivity contribution in [2.75, 3.05) is 13.1 Å². The summed E-state index contributed by atoms with van der Waals surface area (Å²) in [7, 11) is 0. The van der Waals surface area contributed by atoms with E-state index in [9.17, 15) is 0 Å². The minimum Gasteiger partial charge on any atom is -0.330 e. The van der Waals surface area contributed by atoms with Crippen molar-refractivity contribution in [3.05, 3.63) is 0 Å². The van der Waals surface area contributed by atoms with Gasteiger partial charge in [-0.2, -0.15) is 0 Å². The fourth-order valence-electron chi connectivity index (χ4n) is 1.43. The number of nitrogens with two attached hydrogens (primary N) is 1. The van der Waals surface area contributed by atoms with Crippen LogP contribution in [0.15, 0.2) is 0 Å². The first-order valence-electron chi connectivity index (χ1n) is 4.78. The molecule has 1 rings (SSSR count). The molecule has 1 aliphatic rings. The Kier molecular flexibility index (Phi) is 6.57. The van der Waals surface area contributed by atoms with E-state index in [0.29, 0.717) is 6.04 Å². The summed E-state index contributed by atoms with van der Waals surface area (Å²) in [5.74, 6) is 0.721. The summed E-state index contributed by atoms with van der Waals surface area (Å²) in [6.07, 6.45) is 2.61. The van der Waals surface area contributed by atoms with Gasteiger partial charge in [0, 0.05) is 6.04 Å². The molecular weight excluding hydrogens is 136 g/mol. The quantitative estimate of drug-likeness (QED) is 0.604. The van der Waals surface area contributed by atoms with Gasteiger partial charge in [-0.15, -0.1) is 0 Å². The maximum absolute atomic E-state index is 5.55. The Labute approximate surface area is 70.5 Å². The van der Waals surface area contributed by atoms with Gasteiger partial charge in [-0.25, -0.2) is 0 Å². The molecule has 0 spiro atoms. The highest BCUT2D eigenvalue weighted by molar-refractivity contribution is 4.77. The second-order valence-electron chi connectivity index (χ2n) is 2.88. The Morgan fingerprint density at radius 2 is 2.09 bits per heavy atom. The van der Waals surface area contributed by atoms with Gasteiger partial charge in [0.05, 0.1) is 0 Å². The predicted octanol–water partition coefficient (Wildman–Crippen LogP) is 1.36. The predicted molar refractivity (Wildman–Crippen MR) is 50.6 cm³/mol. The molecule has 0 radical (unpaired) electrons. The van der Waals surface area contributed by atoms with Crippen molar-refractivity contribution in [2.45, 2.75) is 39.7 Å². The van der Waals surface area contributed by atoms with Crippen LogP contribution in [0.4, 0.5) is 0 Å². The minimum absolute atomic E-state index is 0.642. The van der Waals surface area contributed by atoms with Crippen LogP contribution in [0.1, 0.15) is 33.6 Å². The molecule has 0 saturated carbocycles. The molecule has 0 aromatic heterocycles. The fourth-order valence-corrected chi connectivity index (χ4v) is 1.43. The van der Waals surface area contributed by atoms with Crippen molar-refractivity contribution < 1.29 is 0 Å². The topological polar surface area (TPSA) is 38.0 Å². The van der Waals surface area contributed by atoms with Crippen LogP contribution in [-0.2, 0) is 0 Å². The highest BCUT2D eigenvalue weighted by atomic mass is 14.9. The lowest BCUT2D eigenvalue weighted by Gasteiger charge is -2.28. The fraction of sp³-hybridized carbons (Fsp3) is 1.00. The maximum atomic E-state index is 5.55. The van der Waals surface area contributed by atoms with E-state index in [2.05, 4.69) is 12.2 Å². The van der Waals surface area contributed by atoms with Crippen molar-refractivity contribution in [1.82, 2.24) is 5.32 Å². The van der Waals surface area contributed by atoms with Gasteiger partial charge >= 0.3 is 0 Å². The van der Waals surface area contributed by atoms with E-state index >= 15 is 0 Å². The van der Waals surface area contributed by atoms with Gasteiger partial charge in [0.1, 0.15) is 0 Å². The smallest absolute Gasteiger partial charge is 0.00790 e. The first-order chi connectivity index (χ1) is 5.34. The molecule has 1 saturated heterocycles. The lowest BCUT2D eigenvalue weighted by molar-refractivity contribution is 0.304. The Morgan fingerprint density at radius 1 is 1.45 bits per heavy atom. The van der Waals surface area contributed by atoms with Gasteiger partial charge in [0.15, 0.2) is 0 Å². The van der Waals surface area contributed by atoms with Crippen molar-refractivity contribution in [2.24, 2.45) is 11.7 Å². The first-order valence-corrected chi connectivity index (χ1v) is 4.78. The molecule has 2 heteroatoms. The number of rotatable bonds is 1. The van der Waals surface area contributed by atoms with Crippen LogP contribution in [0.5, 0.6) is 0 Å². The summed E-state index contributed by atoms with van der Waals surface area (Å²) in [6.45, 7) is 8.24. The minimum atomic E-state index is 0.642. The summed E-state index contributed by atoms with van der Waals surface area (Å²) in [5.41, 5.74) is 5.55. The Bertz CT molecular complexity index is 83.6. The maximum Gasteiger partial charge on any atom is 0.00790 e. The highest BCUT2D eigenvalue weighted by Crippen LogP contribution is 2.13. The third-order valence-corrected chi connectivity index (χ3v) is 2.23. The van der Waals surface area contributed by atoms with Gasteiger partial charge in [-0.1, -0.05) is 13.8 Å². The van der Waals surface area contributed by atoms with Crippen LogP contribution in [0.25, 0.3) is 0 Å². The zero-order valence-corrected chi connectivity index (χ0v) is 8.06. The summed E-state index contributed by atoms with van der Waals surface area (Å²) < 4.78 is 0. The molecule has 0 aromatic rings. The van der Waals surface area contributed by atoms with Gasteiger partial charge in [0.2, 0.25) is 0 Å². The van der Waals surface area contributed by atoms with Crippen molar-refractivity contribution in [1.29, 1.82) is 0 Å². The average Bonchev–Trinajstić information content (AvgIpc) is 2.09. The van der Waals surface area contributed by atoms with Gasteiger partial charge in [-0.05, 0) is 38.8 Å². The van der Waals surface area contributed by atoms with Gasteiger partial charge in [0.25, 0.3) is 0 Å². The summed E-state index contributed by atoms with van der Waals surface area (Å²) in [4.78, 5) is 0. The Hall–Kier alpha value is -0.0800. The molecule has 2 unspecified atom stereocenters. The van der Waals surface area contributed by atoms with E-state index < -0.39 is 0 Å². The molecule has 1 heterocycles. The van der Waals surface area contributed by atoms with Gasteiger partial charge in [-0.3, -0.25) is 0 Å². The van der Waals surface area contributed by atoms with E-state index in [1.165, 1.54) is 19.4 Å². The third kappa shape index (κ3) is 3.73. The highest BCUT2D eigenvalue weighted by Gasteiger charge is 2.18. The van der Waals surface area contributed by atoms with Crippen LogP contribution in [-0.4, -0.2) is 19.1 Å². The molecule has 68 valence electrons. The molecule has 0 aliphatic carbocycles. The molecule has 2 nitrogen and oxygen atoms in total. The van der Waals surface area contributed by atoms with Crippen LogP contribution in [0.2, 0.25) is 0 Å². The number of piperidine rings is 1. The average molecular weight is 158 g/mol. The summed E-state index contributed by atoms with van der Waals surface area (Å²) in [5, 5.41) is 3.40. The normalized spacial score (nSPS) is 30.5. The molecule has 1 fully saturated rings. The first kappa shape index (κ1) is 10.9. The molecule has 1 aliphatic heterocycles. The zero-order valence-electron chi connectivity index (χ0n) is 8.06. The monoisotopic (exact) mass is 158 g/mol. The zero-order chi connectivity index (χ0) is 8.69. The molecule has 0 aromatic carbocycles. The summed E-state index contributed by atoms with van der Waals surface area (Å²) in [6, 6.07) is 0.642. The number of nitrogens with one attached hydrogen (secondary N) is 1. The third-order valence-electron chi connectivity index (χ3n) is 2.23. The summed E-state index contributed by atoms with van der Waals surface area (Å²) >= 11 is 0. The van der Waals surface area contributed by atoms with Crippen molar-refractivity contribution >= 4 is 0 Å². The largest absolute Gasteiger partial charge is 0.330 e. The van der Waals surface area contributed by atoms with E-state index in [1.54, 1.807) is 0 Å². The van der Waals surface area contributed by atoms with Crippen LogP contribution < -0.4 is 11.1 Å². The van der Waals surface area contributed by atoms with Crippen molar-refractivity contribution in [3.8, 4) is 0 Å². The van der Waals surface area contributed by atoms with Crippen LogP contribution in [0, 0.1) is 5.92 Å². The van der Waals surface area contributed by atoms with Crippen molar-refractivity contribution in [3.63, 3.8) is 0 Å². The lowest BCUT2D eigenvalue weighted by atomic mass is 9.92. The molecule has 11 heavy (non-hydrogen) atoms. The molecule has 0 amide bonds. The second-order valence-corrected chi connectivity index (χ2v) is 2.88. The lowest BCUT2D eigenvalue weighted by Crippen LogP contribution is -2.42. The standard InChI is InChI=1S/C7H16N2.C2H6/c1-6-7(5-8)3-2-4-9-6;1-2/h6-7,9H,2-5,8H2,1H3;1-2H3. The van der Waals surface area contributed by atoms with E-state index in [1.807, 2.05) is 13.8 Å². The molecule has 0 bridgehead atoms. The molecule has 3 N–H and O–H groups in total. The van der Waals surface area contributed by atoms with Crippen LogP contribution >= 0.6 is 0 Å². The SMILES string of the molecule is CC.CC1NCCCC1CN. The number of hydrogen-bond acceptors (Lipinski definition) is 2. The van der Waals surface area contributed by atoms with E-state index in [0.717, 1.165) is 12.5 Å². The van der Waals surface area contributed by atoms with E-state index in [-0.39, 0.29) is 0 Å². The molecule has 2 atom stereocenters. The Morgan fingerprint density at radius 3 is 2.45 bits per heavy atom. The Balaban J connectivity index is 0.000000461. The molecular formula is C9H22N2. The number of hydrogen-bond donors (Lipinski definition) is 2. The second kappa shape index (κ2) is 6.62. The van der Waals surface area contributed by atoms with Gasteiger partial charge < -0.3 is 11.1 Å². The van der Waals surface area contributed by atoms with E-state index in [4.69, 9.17) is 5.73 Å². The van der Waals surface area contributed by atoms with Crippen LogP contribution in [0.3, 0.4) is 0 Å².